The Bertz CT molecular complexity index is 217. The van der Waals surface area contributed by atoms with Gasteiger partial charge < -0.3 is 18.9 Å². The number of fused-ring (bicyclic) bond motifs is 1. The average Bonchev–Trinajstić information content (AvgIpc) is 2.70. The molecule has 2 aliphatic rings. The van der Waals surface area contributed by atoms with Gasteiger partial charge in [-0.2, -0.15) is 0 Å². The van der Waals surface area contributed by atoms with Crippen LogP contribution in [0.3, 0.4) is 0 Å². The molecule has 0 bridgehead atoms. The lowest BCUT2D eigenvalue weighted by Gasteiger charge is -2.14. The van der Waals surface area contributed by atoms with Crippen molar-refractivity contribution in [1.82, 2.24) is 0 Å². The van der Waals surface area contributed by atoms with E-state index >= 15 is 0 Å². The van der Waals surface area contributed by atoms with Gasteiger partial charge in [0.15, 0.2) is 6.29 Å². The lowest BCUT2D eigenvalue weighted by molar-refractivity contribution is -0.0908. The minimum Gasteiger partial charge on any atom is -0.435 e. The molecule has 0 saturated carbocycles. The van der Waals surface area contributed by atoms with Gasteiger partial charge in [0.2, 0.25) is 0 Å². The molecule has 5 nitrogen and oxygen atoms in total. The number of rotatable bonds is 2. The molecule has 0 aromatic heterocycles. The van der Waals surface area contributed by atoms with Gasteiger partial charge in [-0.05, 0) is 13.3 Å². The van der Waals surface area contributed by atoms with Crippen LogP contribution < -0.4 is 0 Å². The summed E-state index contributed by atoms with van der Waals surface area (Å²) in [6.07, 6.45) is -0.126. The van der Waals surface area contributed by atoms with Gasteiger partial charge in [-0.25, -0.2) is 4.79 Å². The molecule has 5 heteroatoms. The first kappa shape index (κ1) is 9.73. The van der Waals surface area contributed by atoms with Crippen LogP contribution in [0.15, 0.2) is 0 Å². The lowest BCUT2D eigenvalue weighted by Crippen LogP contribution is -2.26. The molecule has 80 valence electrons. The van der Waals surface area contributed by atoms with E-state index in [0.29, 0.717) is 19.8 Å². The second-order valence-corrected chi connectivity index (χ2v) is 3.36. The van der Waals surface area contributed by atoms with Gasteiger partial charge in [0.1, 0.15) is 6.10 Å². The van der Waals surface area contributed by atoms with Gasteiger partial charge in [-0.15, -0.1) is 0 Å². The Morgan fingerprint density at radius 2 is 2.36 bits per heavy atom. The molecular formula is C9H14O5. The monoisotopic (exact) mass is 202 g/mol. The summed E-state index contributed by atoms with van der Waals surface area (Å²) in [7, 11) is 0. The molecule has 3 atom stereocenters. The van der Waals surface area contributed by atoms with Gasteiger partial charge in [0.25, 0.3) is 0 Å². The number of hydrogen-bond acceptors (Lipinski definition) is 5. The molecule has 0 N–H and O–H groups in total. The summed E-state index contributed by atoms with van der Waals surface area (Å²) < 4.78 is 20.4. The van der Waals surface area contributed by atoms with E-state index in [0.717, 1.165) is 6.42 Å². The van der Waals surface area contributed by atoms with Crippen LogP contribution in [-0.4, -0.2) is 38.4 Å². The molecule has 0 aromatic carbocycles. The van der Waals surface area contributed by atoms with Crippen molar-refractivity contribution in [2.75, 3.05) is 19.8 Å². The molecule has 2 saturated heterocycles. The number of ether oxygens (including phenoxy) is 4. The highest BCUT2D eigenvalue weighted by Gasteiger charge is 2.44. The lowest BCUT2D eigenvalue weighted by atomic mass is 10.0. The minimum atomic E-state index is -0.617. The summed E-state index contributed by atoms with van der Waals surface area (Å²) in [5.74, 6) is 0.180. The first-order chi connectivity index (χ1) is 6.81. The standard InChI is InChI=1S/C9H14O5/c1-2-11-9(10)14-7-5-13-8-6(7)3-4-12-8/h6-8H,2-5H2,1H3/t6?,7-,8?/m0/s1. The van der Waals surface area contributed by atoms with Crippen molar-refractivity contribution in [3.8, 4) is 0 Å². The molecule has 0 aliphatic carbocycles. The molecule has 0 radical (unpaired) electrons. The molecule has 2 unspecified atom stereocenters. The summed E-state index contributed by atoms with van der Waals surface area (Å²) in [6.45, 7) is 3.16. The van der Waals surface area contributed by atoms with Crippen molar-refractivity contribution < 1.29 is 23.7 Å². The Morgan fingerprint density at radius 1 is 1.50 bits per heavy atom. The molecular weight excluding hydrogens is 188 g/mol. The third-order valence-corrected chi connectivity index (χ3v) is 2.49. The third-order valence-electron chi connectivity index (χ3n) is 2.49. The second-order valence-electron chi connectivity index (χ2n) is 3.36. The highest BCUT2D eigenvalue weighted by atomic mass is 16.7. The Kier molecular flexibility index (Phi) is 2.88. The van der Waals surface area contributed by atoms with Crippen LogP contribution in [0.25, 0.3) is 0 Å². The van der Waals surface area contributed by atoms with Gasteiger partial charge in [-0.3, -0.25) is 0 Å². The molecule has 2 fully saturated rings. The van der Waals surface area contributed by atoms with E-state index < -0.39 is 6.16 Å². The fraction of sp³-hybridized carbons (Fsp3) is 0.889. The Morgan fingerprint density at radius 3 is 3.14 bits per heavy atom. The van der Waals surface area contributed by atoms with Crippen molar-refractivity contribution >= 4 is 6.16 Å². The van der Waals surface area contributed by atoms with Crippen molar-refractivity contribution in [3.63, 3.8) is 0 Å². The first-order valence-corrected chi connectivity index (χ1v) is 4.88. The fourth-order valence-corrected chi connectivity index (χ4v) is 1.82. The molecule has 0 spiro atoms. The molecule has 2 heterocycles. The summed E-state index contributed by atoms with van der Waals surface area (Å²) in [5, 5.41) is 0. The van der Waals surface area contributed by atoms with Gasteiger partial charge in [0, 0.05) is 0 Å². The van der Waals surface area contributed by atoms with E-state index in [4.69, 9.17) is 18.9 Å². The van der Waals surface area contributed by atoms with Crippen LogP contribution in [0.2, 0.25) is 0 Å². The van der Waals surface area contributed by atoms with Crippen molar-refractivity contribution in [2.24, 2.45) is 5.92 Å². The van der Waals surface area contributed by atoms with E-state index in [1.54, 1.807) is 6.92 Å². The summed E-state index contributed by atoms with van der Waals surface area (Å²) >= 11 is 0. The summed E-state index contributed by atoms with van der Waals surface area (Å²) in [4.78, 5) is 11.0. The second kappa shape index (κ2) is 4.14. The van der Waals surface area contributed by atoms with Crippen LogP contribution in [-0.2, 0) is 18.9 Å². The van der Waals surface area contributed by atoms with Crippen molar-refractivity contribution in [1.29, 1.82) is 0 Å². The van der Waals surface area contributed by atoms with Gasteiger partial charge >= 0.3 is 6.16 Å². The zero-order valence-electron chi connectivity index (χ0n) is 8.10. The highest BCUT2D eigenvalue weighted by molar-refractivity contribution is 5.60. The van der Waals surface area contributed by atoms with E-state index in [1.165, 1.54) is 0 Å². The number of hydrogen-bond donors (Lipinski definition) is 0. The van der Waals surface area contributed by atoms with Crippen molar-refractivity contribution in [2.45, 2.75) is 25.7 Å². The maximum Gasteiger partial charge on any atom is 0.508 e. The molecule has 0 amide bonds. The SMILES string of the molecule is CCOC(=O)O[C@H]1COC2OCCC21. The maximum atomic E-state index is 11.0. The van der Waals surface area contributed by atoms with Crippen LogP contribution >= 0.6 is 0 Å². The normalized spacial score (nSPS) is 35.4. The first-order valence-electron chi connectivity index (χ1n) is 4.88. The van der Waals surface area contributed by atoms with Crippen molar-refractivity contribution in [3.05, 3.63) is 0 Å². The summed E-state index contributed by atoms with van der Waals surface area (Å²) in [6, 6.07) is 0. The number of carbonyl (C=O) groups excluding carboxylic acids is 1. The van der Waals surface area contributed by atoms with Gasteiger partial charge in [-0.1, -0.05) is 0 Å². The van der Waals surface area contributed by atoms with Crippen LogP contribution in [0.4, 0.5) is 4.79 Å². The maximum absolute atomic E-state index is 11.0. The Labute approximate surface area is 82.3 Å². The molecule has 14 heavy (non-hydrogen) atoms. The minimum absolute atomic E-state index is 0.180. The Balaban J connectivity index is 1.83. The quantitative estimate of drug-likeness (QED) is 0.623. The topological polar surface area (TPSA) is 54.0 Å². The average molecular weight is 202 g/mol. The highest BCUT2D eigenvalue weighted by Crippen LogP contribution is 2.32. The van der Waals surface area contributed by atoms with E-state index in [-0.39, 0.29) is 18.3 Å². The number of carbonyl (C=O) groups is 1. The van der Waals surface area contributed by atoms with E-state index in [2.05, 4.69) is 0 Å². The summed E-state index contributed by atoms with van der Waals surface area (Å²) in [5.41, 5.74) is 0. The van der Waals surface area contributed by atoms with E-state index in [1.807, 2.05) is 0 Å². The zero-order chi connectivity index (χ0) is 9.97. The largest absolute Gasteiger partial charge is 0.508 e. The van der Waals surface area contributed by atoms with Crippen LogP contribution in [0.5, 0.6) is 0 Å². The molecule has 2 aliphatic heterocycles. The molecule has 2 rings (SSSR count). The molecule has 0 aromatic rings. The van der Waals surface area contributed by atoms with Crippen LogP contribution in [0.1, 0.15) is 13.3 Å². The third kappa shape index (κ3) is 1.83. The predicted molar refractivity (Wildman–Crippen MR) is 45.7 cm³/mol. The Hall–Kier alpha value is -0.810. The fourth-order valence-electron chi connectivity index (χ4n) is 1.82. The predicted octanol–water partition coefficient (Wildman–Crippen LogP) is 0.921. The van der Waals surface area contributed by atoms with Crippen LogP contribution in [0, 0.1) is 5.92 Å². The van der Waals surface area contributed by atoms with Gasteiger partial charge in [0.05, 0.1) is 25.7 Å². The van der Waals surface area contributed by atoms with E-state index in [9.17, 15) is 4.79 Å². The smallest absolute Gasteiger partial charge is 0.435 e. The zero-order valence-corrected chi connectivity index (χ0v) is 8.10.